The van der Waals surface area contributed by atoms with Gasteiger partial charge in [0.15, 0.2) is 11.5 Å². The smallest absolute Gasteiger partial charge is 0.275 e. The number of hydrogen-bond donors (Lipinski definition) is 0. The van der Waals surface area contributed by atoms with Crippen LogP contribution in [0.15, 0.2) is 60.8 Å². The van der Waals surface area contributed by atoms with E-state index in [1.165, 1.54) is 0 Å². The van der Waals surface area contributed by atoms with E-state index in [-0.39, 0.29) is 11.8 Å². The molecule has 2 aliphatic rings. The van der Waals surface area contributed by atoms with E-state index in [9.17, 15) is 9.59 Å². The lowest BCUT2D eigenvalue weighted by molar-refractivity contribution is -0.122. The van der Waals surface area contributed by atoms with E-state index in [1.54, 1.807) is 32.4 Å². The lowest BCUT2D eigenvalue weighted by Gasteiger charge is -2.34. The first-order valence-electron chi connectivity index (χ1n) is 12.8. The minimum atomic E-state index is -0.723. The number of benzene rings is 2. The Labute approximate surface area is 229 Å². The van der Waals surface area contributed by atoms with Gasteiger partial charge in [0.1, 0.15) is 11.2 Å². The predicted molar refractivity (Wildman–Crippen MR) is 146 cm³/mol. The van der Waals surface area contributed by atoms with E-state index in [4.69, 9.17) is 16.7 Å². The summed E-state index contributed by atoms with van der Waals surface area (Å²) in [5.41, 5.74) is 4.49. The van der Waals surface area contributed by atoms with E-state index in [0.717, 1.165) is 39.2 Å². The van der Waals surface area contributed by atoms with Gasteiger partial charge in [-0.25, -0.2) is 9.36 Å². The molecule has 0 saturated heterocycles. The van der Waals surface area contributed by atoms with Gasteiger partial charge in [-0.05, 0) is 24.1 Å². The third kappa shape index (κ3) is 3.59. The molecule has 7 rings (SSSR count). The second-order valence-corrected chi connectivity index (χ2v) is 10.3. The van der Waals surface area contributed by atoms with Crippen LogP contribution in [-0.2, 0) is 31.2 Å². The molecule has 3 aromatic heterocycles. The second kappa shape index (κ2) is 8.81. The molecule has 0 spiro atoms. The molecule has 0 fully saturated rings. The Morgan fingerprint density at radius 1 is 1.00 bits per heavy atom. The number of aryl methyl sites for hydroxylation is 1. The number of halogens is 1. The van der Waals surface area contributed by atoms with E-state index in [0.29, 0.717) is 36.8 Å². The Balaban J connectivity index is 1.26. The lowest BCUT2D eigenvalue weighted by Crippen LogP contribution is -2.53. The Hall–Kier alpha value is -4.44. The summed E-state index contributed by atoms with van der Waals surface area (Å²) in [6.07, 6.45) is 2.54. The van der Waals surface area contributed by atoms with Crippen molar-refractivity contribution in [3.8, 4) is 5.82 Å². The third-order valence-electron chi connectivity index (χ3n) is 7.73. The van der Waals surface area contributed by atoms with Crippen LogP contribution in [0.2, 0.25) is 5.15 Å². The van der Waals surface area contributed by atoms with Gasteiger partial charge in [-0.3, -0.25) is 14.3 Å². The molecule has 0 aliphatic carbocycles. The summed E-state index contributed by atoms with van der Waals surface area (Å²) < 4.78 is 5.27. The van der Waals surface area contributed by atoms with Gasteiger partial charge in [-0.2, -0.15) is 15.3 Å². The number of carbonyl (C=O) groups excluding carboxylic acids is 2. The molecule has 0 bridgehead atoms. The zero-order valence-electron chi connectivity index (χ0n) is 21.5. The average molecular weight is 541 g/mol. The molecule has 11 heteroatoms. The van der Waals surface area contributed by atoms with Gasteiger partial charge in [0.2, 0.25) is 5.91 Å². The van der Waals surface area contributed by atoms with Crippen LogP contribution in [-0.4, -0.2) is 65.7 Å². The van der Waals surface area contributed by atoms with Crippen molar-refractivity contribution in [3.05, 3.63) is 88.5 Å². The quantitative estimate of drug-likeness (QED) is 0.349. The monoisotopic (exact) mass is 540 g/mol. The summed E-state index contributed by atoms with van der Waals surface area (Å²) in [6, 6.07) is 16.8. The maximum Gasteiger partial charge on any atom is 0.275 e. The molecule has 0 radical (unpaired) electrons. The molecule has 0 N–H and O–H groups in total. The maximum absolute atomic E-state index is 13.8. The molecule has 2 aliphatic heterocycles. The average Bonchev–Trinajstić information content (AvgIpc) is 3.61. The van der Waals surface area contributed by atoms with Gasteiger partial charge in [0, 0.05) is 44.1 Å². The Morgan fingerprint density at radius 3 is 2.59 bits per heavy atom. The Bertz CT molecular complexity index is 1770. The van der Waals surface area contributed by atoms with Crippen LogP contribution in [0, 0.1) is 0 Å². The van der Waals surface area contributed by atoms with Crippen LogP contribution >= 0.6 is 11.6 Å². The Morgan fingerprint density at radius 2 is 1.82 bits per heavy atom. The van der Waals surface area contributed by atoms with Crippen LogP contribution in [0.5, 0.6) is 0 Å². The summed E-state index contributed by atoms with van der Waals surface area (Å²) in [4.78, 5) is 30.9. The number of aromatic nitrogens is 6. The highest BCUT2D eigenvalue weighted by Gasteiger charge is 2.41. The van der Waals surface area contributed by atoms with Gasteiger partial charge < -0.3 is 9.80 Å². The summed E-state index contributed by atoms with van der Waals surface area (Å²) in [6.45, 7) is 0.832. The molecular weight excluding hydrogens is 516 g/mol. The number of anilines is 1. The van der Waals surface area contributed by atoms with Crippen molar-refractivity contribution in [2.75, 3.05) is 18.5 Å². The van der Waals surface area contributed by atoms with E-state index >= 15 is 0 Å². The largest absolute Gasteiger partial charge is 0.324 e. The fourth-order valence-electron chi connectivity index (χ4n) is 5.75. The van der Waals surface area contributed by atoms with E-state index < -0.39 is 6.04 Å². The summed E-state index contributed by atoms with van der Waals surface area (Å²) in [5, 5.41) is 15.2. The SMILES string of the molecule is CN1C(=O)[C@@H](N2CCc3c(nn(Cc4ccccc4)c3Cl)C2=O)Cc2nn(-c3ccnn3C)c3cccc1c23. The van der Waals surface area contributed by atoms with Crippen molar-refractivity contribution >= 4 is 40.0 Å². The van der Waals surface area contributed by atoms with Crippen LogP contribution in [0.25, 0.3) is 16.7 Å². The Kier molecular flexibility index (Phi) is 5.34. The maximum atomic E-state index is 13.8. The number of hydrogen-bond acceptors (Lipinski definition) is 5. The second-order valence-electron chi connectivity index (χ2n) is 9.97. The number of fused-ring (bicyclic) bond motifs is 1. The highest BCUT2D eigenvalue weighted by atomic mass is 35.5. The first kappa shape index (κ1) is 23.7. The third-order valence-corrected chi connectivity index (χ3v) is 8.16. The van der Waals surface area contributed by atoms with Gasteiger partial charge in [0.05, 0.1) is 29.6 Å². The molecule has 0 saturated carbocycles. The molecule has 5 aromatic rings. The summed E-state index contributed by atoms with van der Waals surface area (Å²) >= 11 is 6.68. The van der Waals surface area contributed by atoms with E-state index in [1.807, 2.05) is 66.3 Å². The number of rotatable bonds is 4. The minimum absolute atomic E-state index is 0.154. The predicted octanol–water partition coefficient (Wildman–Crippen LogP) is 3.24. The standard InChI is InChI=1S/C28H25ClN8O2/c1-33-20-9-6-10-21-24(20)19(31-37(21)23-11-13-30-34(23)2)15-22(27(33)38)35-14-12-18-25(28(35)39)32-36(26(18)29)16-17-7-4-3-5-8-17/h3-11,13,22H,12,14-16H2,1-2H3/t22-/m0/s1. The van der Waals surface area contributed by atoms with Gasteiger partial charge in [0.25, 0.3) is 5.91 Å². The molecule has 2 aromatic carbocycles. The van der Waals surface area contributed by atoms with Crippen molar-refractivity contribution in [3.63, 3.8) is 0 Å². The molecule has 10 nitrogen and oxygen atoms in total. The van der Waals surface area contributed by atoms with Gasteiger partial charge in [-0.15, -0.1) is 0 Å². The van der Waals surface area contributed by atoms with Crippen molar-refractivity contribution in [2.24, 2.45) is 7.05 Å². The van der Waals surface area contributed by atoms with Crippen LogP contribution in [0.4, 0.5) is 5.69 Å². The van der Waals surface area contributed by atoms with Crippen molar-refractivity contribution in [1.82, 2.24) is 34.2 Å². The number of amides is 2. The number of likely N-dealkylation sites (N-methyl/N-ethyl adjacent to an activating group) is 1. The summed E-state index contributed by atoms with van der Waals surface area (Å²) in [7, 11) is 3.62. The molecule has 5 heterocycles. The topological polar surface area (TPSA) is 94.1 Å². The van der Waals surface area contributed by atoms with Crippen LogP contribution in [0.1, 0.15) is 27.3 Å². The molecule has 0 unspecified atom stereocenters. The fraction of sp³-hybridized carbons (Fsp3) is 0.250. The zero-order valence-corrected chi connectivity index (χ0v) is 22.2. The van der Waals surface area contributed by atoms with Crippen molar-refractivity contribution in [1.29, 1.82) is 0 Å². The van der Waals surface area contributed by atoms with Crippen molar-refractivity contribution < 1.29 is 9.59 Å². The molecule has 1 atom stereocenters. The van der Waals surface area contributed by atoms with Crippen LogP contribution in [0.3, 0.4) is 0 Å². The first-order valence-corrected chi connectivity index (χ1v) is 13.2. The molecule has 196 valence electrons. The number of nitrogens with zero attached hydrogens (tertiary/aromatic N) is 8. The normalized spacial score (nSPS) is 17.2. The fourth-order valence-corrected chi connectivity index (χ4v) is 6.03. The van der Waals surface area contributed by atoms with Gasteiger partial charge >= 0.3 is 0 Å². The van der Waals surface area contributed by atoms with E-state index in [2.05, 4.69) is 10.2 Å². The number of carbonyl (C=O) groups is 2. The molecule has 2 amide bonds. The van der Waals surface area contributed by atoms with Crippen molar-refractivity contribution in [2.45, 2.75) is 25.4 Å². The molecule has 39 heavy (non-hydrogen) atoms. The zero-order chi connectivity index (χ0) is 26.8. The van der Waals surface area contributed by atoms with Crippen LogP contribution < -0.4 is 4.90 Å². The lowest BCUT2D eigenvalue weighted by atomic mass is 10.0. The first-order chi connectivity index (χ1) is 18.9. The molecular formula is C28H25ClN8O2. The highest BCUT2D eigenvalue weighted by Crippen LogP contribution is 2.36. The summed E-state index contributed by atoms with van der Waals surface area (Å²) in [5.74, 6) is 0.371. The van der Waals surface area contributed by atoms with Gasteiger partial charge in [-0.1, -0.05) is 48.0 Å². The highest BCUT2D eigenvalue weighted by molar-refractivity contribution is 6.31. The minimum Gasteiger partial charge on any atom is -0.324 e.